The van der Waals surface area contributed by atoms with Gasteiger partial charge in [0.15, 0.2) is 0 Å². The normalized spacial score (nSPS) is 16.4. The molecule has 1 aromatic carbocycles. The van der Waals surface area contributed by atoms with E-state index in [0.717, 1.165) is 43.5 Å². The zero-order chi connectivity index (χ0) is 22.5. The van der Waals surface area contributed by atoms with Gasteiger partial charge in [0.1, 0.15) is 0 Å². The van der Waals surface area contributed by atoms with Gasteiger partial charge in [-0.2, -0.15) is 0 Å². The molecule has 0 N–H and O–H groups in total. The largest absolute Gasteiger partial charge is 0.339 e. The Morgan fingerprint density at radius 3 is 2.56 bits per heavy atom. The smallest absolute Gasteiger partial charge is 0.255 e. The maximum Gasteiger partial charge on any atom is 0.255 e. The Morgan fingerprint density at radius 1 is 1.09 bits per heavy atom. The lowest BCUT2D eigenvalue weighted by molar-refractivity contribution is 0.0761. The van der Waals surface area contributed by atoms with Crippen molar-refractivity contribution in [3.05, 3.63) is 76.8 Å². The van der Waals surface area contributed by atoms with E-state index in [2.05, 4.69) is 16.8 Å². The molecule has 1 aliphatic rings. The second-order valence-electron chi connectivity index (χ2n) is 8.10. The predicted molar refractivity (Wildman–Crippen MR) is 126 cm³/mol. The minimum atomic E-state index is -0.0882. The van der Waals surface area contributed by atoms with Gasteiger partial charge in [0.25, 0.3) is 11.5 Å². The Hall–Kier alpha value is -3.48. The molecule has 0 aliphatic carbocycles. The quantitative estimate of drug-likeness (QED) is 0.619. The first-order chi connectivity index (χ1) is 15.6. The van der Waals surface area contributed by atoms with Crippen LogP contribution in [0.4, 0.5) is 5.95 Å². The van der Waals surface area contributed by atoms with Crippen LogP contribution in [0, 0.1) is 0 Å². The summed E-state index contributed by atoms with van der Waals surface area (Å²) in [5.41, 5.74) is 2.16. The molecule has 0 radical (unpaired) electrons. The van der Waals surface area contributed by atoms with Gasteiger partial charge < -0.3 is 9.80 Å². The third-order valence-electron chi connectivity index (χ3n) is 6.13. The first-order valence-electron chi connectivity index (χ1n) is 11.2. The summed E-state index contributed by atoms with van der Waals surface area (Å²) < 4.78 is 1.62. The van der Waals surface area contributed by atoms with Gasteiger partial charge in [-0.25, -0.2) is 4.98 Å². The van der Waals surface area contributed by atoms with Crippen molar-refractivity contribution in [1.82, 2.24) is 19.4 Å². The van der Waals surface area contributed by atoms with Crippen LogP contribution in [-0.4, -0.2) is 51.0 Å². The average molecular weight is 432 g/mol. The molecule has 1 amide bonds. The predicted octanol–water partition coefficient (Wildman–Crippen LogP) is 3.36. The fraction of sp³-hybridized carbons (Fsp3) is 0.360. The summed E-state index contributed by atoms with van der Waals surface area (Å²) in [5.74, 6) is 0.749. The van der Waals surface area contributed by atoms with Crippen LogP contribution in [-0.2, 0) is 7.05 Å². The Labute approximate surface area is 188 Å². The molecule has 2 aromatic heterocycles. The van der Waals surface area contributed by atoms with Crippen LogP contribution in [0.3, 0.4) is 0 Å². The number of hydrogen-bond acceptors (Lipinski definition) is 5. The minimum absolute atomic E-state index is 0.0829. The number of hydrogen-bond donors (Lipinski definition) is 0. The SMILES string of the molecule is CCN(c1nc(-c2ccncc2)cc(=O)n1C)C1CCCN(C(=O)c2ccccc2)CC1. The number of carbonyl (C=O) groups is 1. The van der Waals surface area contributed by atoms with Gasteiger partial charge in [-0.1, -0.05) is 18.2 Å². The summed E-state index contributed by atoms with van der Waals surface area (Å²) in [5, 5.41) is 0. The van der Waals surface area contributed by atoms with Crippen molar-refractivity contribution < 1.29 is 4.79 Å². The van der Waals surface area contributed by atoms with E-state index in [1.165, 1.54) is 0 Å². The number of carbonyl (C=O) groups excluding carboxylic acids is 1. The Balaban J connectivity index is 1.57. The van der Waals surface area contributed by atoms with E-state index < -0.39 is 0 Å². The van der Waals surface area contributed by atoms with Crippen molar-refractivity contribution in [3.63, 3.8) is 0 Å². The van der Waals surface area contributed by atoms with Crippen LogP contribution in [0.2, 0.25) is 0 Å². The monoisotopic (exact) mass is 431 g/mol. The highest BCUT2D eigenvalue weighted by Gasteiger charge is 2.27. The Bertz CT molecular complexity index is 1110. The van der Waals surface area contributed by atoms with Crippen LogP contribution in [0.1, 0.15) is 36.5 Å². The highest BCUT2D eigenvalue weighted by atomic mass is 16.2. The lowest BCUT2D eigenvalue weighted by Gasteiger charge is -2.32. The number of amides is 1. The van der Waals surface area contributed by atoms with Crippen LogP contribution in [0.25, 0.3) is 11.3 Å². The number of pyridine rings is 1. The minimum Gasteiger partial charge on any atom is -0.339 e. The fourth-order valence-corrected chi connectivity index (χ4v) is 4.37. The number of anilines is 1. The van der Waals surface area contributed by atoms with E-state index in [1.54, 1.807) is 30.1 Å². The third-order valence-corrected chi connectivity index (χ3v) is 6.13. The molecule has 3 aromatic rings. The van der Waals surface area contributed by atoms with Crippen LogP contribution < -0.4 is 10.5 Å². The Morgan fingerprint density at radius 2 is 1.84 bits per heavy atom. The van der Waals surface area contributed by atoms with E-state index in [4.69, 9.17) is 4.98 Å². The molecule has 1 saturated heterocycles. The van der Waals surface area contributed by atoms with Gasteiger partial charge in [-0.3, -0.25) is 19.1 Å². The first-order valence-corrected chi connectivity index (χ1v) is 11.2. The fourth-order valence-electron chi connectivity index (χ4n) is 4.37. The molecule has 4 rings (SSSR count). The summed E-state index contributed by atoms with van der Waals surface area (Å²) in [6, 6.07) is 15.0. The summed E-state index contributed by atoms with van der Waals surface area (Å²) in [4.78, 5) is 38.7. The zero-order valence-electron chi connectivity index (χ0n) is 18.6. The number of aromatic nitrogens is 3. The van der Waals surface area contributed by atoms with Crippen molar-refractivity contribution in [1.29, 1.82) is 0 Å². The standard InChI is InChI=1S/C25H29N5O2/c1-3-30(25-27-22(18-23(31)28(25)2)19-11-14-26-15-12-19)21-10-7-16-29(17-13-21)24(32)20-8-5-4-6-9-20/h4-6,8-9,11-12,14-15,18,21H,3,7,10,13,16-17H2,1-2H3. The summed E-state index contributed by atoms with van der Waals surface area (Å²) in [6.45, 7) is 4.25. The summed E-state index contributed by atoms with van der Waals surface area (Å²) >= 11 is 0. The van der Waals surface area contributed by atoms with Crippen LogP contribution in [0.15, 0.2) is 65.7 Å². The zero-order valence-corrected chi connectivity index (χ0v) is 18.6. The van der Waals surface area contributed by atoms with Crippen molar-refractivity contribution in [3.8, 4) is 11.3 Å². The van der Waals surface area contributed by atoms with Crippen LogP contribution >= 0.6 is 0 Å². The highest BCUT2D eigenvalue weighted by molar-refractivity contribution is 5.94. The average Bonchev–Trinajstić information content (AvgIpc) is 3.09. The molecular weight excluding hydrogens is 402 g/mol. The summed E-state index contributed by atoms with van der Waals surface area (Å²) in [6.07, 6.45) is 6.10. The van der Waals surface area contributed by atoms with Gasteiger partial charge in [0.05, 0.1) is 5.69 Å². The number of nitrogens with zero attached hydrogens (tertiary/aromatic N) is 5. The van der Waals surface area contributed by atoms with Crippen molar-refractivity contribution in [2.45, 2.75) is 32.2 Å². The molecule has 1 unspecified atom stereocenters. The van der Waals surface area contributed by atoms with Crippen molar-refractivity contribution in [2.24, 2.45) is 7.05 Å². The molecular formula is C25H29N5O2. The van der Waals surface area contributed by atoms with Crippen LogP contribution in [0.5, 0.6) is 0 Å². The maximum atomic E-state index is 12.9. The van der Waals surface area contributed by atoms with E-state index in [9.17, 15) is 9.59 Å². The lowest BCUT2D eigenvalue weighted by Crippen LogP contribution is -2.40. The molecule has 166 valence electrons. The van der Waals surface area contributed by atoms with Gasteiger partial charge in [-0.05, 0) is 50.5 Å². The second kappa shape index (κ2) is 9.77. The van der Waals surface area contributed by atoms with Gasteiger partial charge >= 0.3 is 0 Å². The first kappa shape index (κ1) is 21.7. The molecule has 0 bridgehead atoms. The van der Waals surface area contributed by atoms with Gasteiger partial charge in [0.2, 0.25) is 5.95 Å². The molecule has 0 spiro atoms. The molecule has 3 heterocycles. The third kappa shape index (κ3) is 4.56. The second-order valence-corrected chi connectivity index (χ2v) is 8.10. The van der Waals surface area contributed by atoms with E-state index in [-0.39, 0.29) is 17.5 Å². The lowest BCUT2D eigenvalue weighted by atomic mass is 10.1. The topological polar surface area (TPSA) is 71.3 Å². The van der Waals surface area contributed by atoms with Gasteiger partial charge in [-0.15, -0.1) is 0 Å². The van der Waals surface area contributed by atoms with E-state index in [1.807, 2.05) is 47.4 Å². The molecule has 1 fully saturated rings. The molecule has 1 aliphatic heterocycles. The highest BCUT2D eigenvalue weighted by Crippen LogP contribution is 2.24. The van der Waals surface area contributed by atoms with Crippen molar-refractivity contribution >= 4 is 11.9 Å². The Kier molecular flexibility index (Phi) is 6.63. The molecule has 32 heavy (non-hydrogen) atoms. The van der Waals surface area contributed by atoms with Gasteiger partial charge in [0, 0.05) is 62.3 Å². The van der Waals surface area contributed by atoms with E-state index in [0.29, 0.717) is 18.2 Å². The number of likely N-dealkylation sites (tertiary alicyclic amines) is 1. The van der Waals surface area contributed by atoms with Crippen molar-refractivity contribution in [2.75, 3.05) is 24.5 Å². The molecule has 0 saturated carbocycles. The maximum absolute atomic E-state index is 12.9. The number of benzene rings is 1. The number of rotatable bonds is 5. The summed E-state index contributed by atoms with van der Waals surface area (Å²) in [7, 11) is 1.77. The van der Waals surface area contributed by atoms with E-state index >= 15 is 0 Å². The molecule has 1 atom stereocenters. The molecule has 7 heteroatoms. The molecule has 7 nitrogen and oxygen atoms in total.